The predicted molar refractivity (Wildman–Crippen MR) is 108 cm³/mol. The number of nitrogens with zero attached hydrogens (tertiary/aromatic N) is 1. The van der Waals surface area contributed by atoms with Gasteiger partial charge in [0.05, 0.1) is 5.56 Å². The van der Waals surface area contributed by atoms with Crippen LogP contribution >= 0.6 is 0 Å². The van der Waals surface area contributed by atoms with Crippen molar-refractivity contribution >= 4 is 28.9 Å². The summed E-state index contributed by atoms with van der Waals surface area (Å²) in [4.78, 5) is 28.1. The molecule has 0 spiro atoms. The number of carbonyl (C=O) groups excluding carboxylic acids is 2. The number of ketones is 1. The zero-order chi connectivity index (χ0) is 19.4. The lowest BCUT2D eigenvalue weighted by molar-refractivity contribution is 0.101. The number of hydrogen-bond donors (Lipinski definition) is 2. The molecule has 1 aromatic heterocycles. The van der Waals surface area contributed by atoms with Gasteiger partial charge in [0.1, 0.15) is 5.82 Å². The Morgan fingerprint density at radius 3 is 2.33 bits per heavy atom. The lowest BCUT2D eigenvalue weighted by atomic mass is 10.1. The number of nitrogens with one attached hydrogen (secondary N) is 2. The first kappa shape index (κ1) is 18.3. The predicted octanol–water partition coefficient (Wildman–Crippen LogP) is 4.90. The van der Waals surface area contributed by atoms with E-state index >= 15 is 0 Å². The molecule has 27 heavy (non-hydrogen) atoms. The third kappa shape index (κ3) is 4.58. The van der Waals surface area contributed by atoms with Gasteiger partial charge in [-0.15, -0.1) is 0 Å². The van der Waals surface area contributed by atoms with Crippen molar-refractivity contribution in [2.75, 3.05) is 10.6 Å². The Labute approximate surface area is 158 Å². The van der Waals surface area contributed by atoms with Crippen LogP contribution in [0.4, 0.5) is 17.2 Å². The molecule has 0 bridgehead atoms. The minimum Gasteiger partial charge on any atom is -0.340 e. The summed E-state index contributed by atoms with van der Waals surface area (Å²) in [5, 5.41) is 6.01. The van der Waals surface area contributed by atoms with E-state index in [1.807, 2.05) is 6.07 Å². The van der Waals surface area contributed by atoms with Gasteiger partial charge in [0, 0.05) is 23.1 Å². The van der Waals surface area contributed by atoms with Gasteiger partial charge >= 0.3 is 0 Å². The third-order valence-electron chi connectivity index (χ3n) is 4.33. The van der Waals surface area contributed by atoms with Gasteiger partial charge in [-0.3, -0.25) is 9.59 Å². The molecule has 0 aliphatic heterocycles. The molecule has 0 atom stereocenters. The lowest BCUT2D eigenvalue weighted by Gasteiger charge is -2.09. The molecule has 3 aromatic rings. The molecule has 2 N–H and O–H groups in total. The summed E-state index contributed by atoms with van der Waals surface area (Å²) in [5.74, 6) is 0.337. The van der Waals surface area contributed by atoms with Crippen molar-refractivity contribution in [2.24, 2.45) is 0 Å². The zero-order valence-corrected chi connectivity index (χ0v) is 15.5. The van der Waals surface area contributed by atoms with E-state index in [0.29, 0.717) is 22.6 Å². The average Bonchev–Trinajstić information content (AvgIpc) is 2.65. The molecule has 5 nitrogen and oxygen atoms in total. The Kier molecular flexibility index (Phi) is 5.31. The molecular formula is C22H21N3O2. The fourth-order valence-corrected chi connectivity index (χ4v) is 2.59. The summed E-state index contributed by atoms with van der Waals surface area (Å²) in [6.07, 6.45) is 1.52. The summed E-state index contributed by atoms with van der Waals surface area (Å²) in [5.41, 5.74) is 4.94. The number of Topliss-reactive ketones (excluding diaryl/α,β-unsaturated/α-hetero) is 1. The highest BCUT2D eigenvalue weighted by Crippen LogP contribution is 2.19. The van der Waals surface area contributed by atoms with E-state index < -0.39 is 0 Å². The Balaban J connectivity index is 1.69. The Hall–Kier alpha value is -3.47. The maximum Gasteiger partial charge on any atom is 0.257 e. The largest absolute Gasteiger partial charge is 0.340 e. The summed E-state index contributed by atoms with van der Waals surface area (Å²) in [6, 6.07) is 16.4. The third-order valence-corrected chi connectivity index (χ3v) is 4.33. The van der Waals surface area contributed by atoms with Gasteiger partial charge in [-0.25, -0.2) is 4.98 Å². The second-order valence-electron chi connectivity index (χ2n) is 6.45. The minimum absolute atomic E-state index is 0.0467. The van der Waals surface area contributed by atoms with Crippen molar-refractivity contribution in [3.8, 4) is 0 Å². The SMILES string of the molecule is CC(=O)c1cccc(NC(=O)c2ccc(Nc3ccc(C)c(C)c3)nc2)c1. The molecule has 0 saturated carbocycles. The summed E-state index contributed by atoms with van der Waals surface area (Å²) in [6.45, 7) is 5.62. The molecule has 1 amide bonds. The zero-order valence-electron chi connectivity index (χ0n) is 15.5. The second kappa shape index (κ2) is 7.83. The molecule has 2 aromatic carbocycles. The molecule has 136 valence electrons. The molecule has 0 aliphatic rings. The van der Waals surface area contributed by atoms with Gasteiger partial charge in [0.25, 0.3) is 5.91 Å². The summed E-state index contributed by atoms with van der Waals surface area (Å²) in [7, 11) is 0. The number of anilines is 3. The van der Waals surface area contributed by atoms with E-state index in [0.717, 1.165) is 5.69 Å². The number of aromatic nitrogens is 1. The monoisotopic (exact) mass is 359 g/mol. The lowest BCUT2D eigenvalue weighted by Crippen LogP contribution is -2.12. The molecule has 0 aliphatic carbocycles. The van der Waals surface area contributed by atoms with Crippen molar-refractivity contribution in [3.63, 3.8) is 0 Å². The topological polar surface area (TPSA) is 71.1 Å². The standard InChI is InChI=1S/C22H21N3O2/c1-14-7-9-20(11-15(14)2)24-21-10-8-18(13-23-21)22(27)25-19-6-4-5-17(12-19)16(3)26/h4-13H,1-3H3,(H,23,24)(H,25,27). The quantitative estimate of drug-likeness (QED) is 0.636. The molecule has 5 heteroatoms. The number of amides is 1. The van der Waals surface area contributed by atoms with Gasteiger partial charge in [0.15, 0.2) is 5.78 Å². The van der Waals surface area contributed by atoms with Crippen LogP contribution in [-0.2, 0) is 0 Å². The highest BCUT2D eigenvalue weighted by atomic mass is 16.1. The minimum atomic E-state index is -0.277. The van der Waals surface area contributed by atoms with Crippen molar-refractivity contribution < 1.29 is 9.59 Å². The average molecular weight is 359 g/mol. The highest BCUT2D eigenvalue weighted by Gasteiger charge is 2.08. The van der Waals surface area contributed by atoms with E-state index in [2.05, 4.69) is 41.6 Å². The van der Waals surface area contributed by atoms with Crippen molar-refractivity contribution in [1.29, 1.82) is 0 Å². The molecular weight excluding hydrogens is 338 g/mol. The van der Waals surface area contributed by atoms with E-state index in [4.69, 9.17) is 0 Å². The second-order valence-corrected chi connectivity index (χ2v) is 6.45. The molecule has 1 heterocycles. The van der Waals surface area contributed by atoms with Crippen LogP contribution in [-0.4, -0.2) is 16.7 Å². The first-order chi connectivity index (χ1) is 12.9. The van der Waals surface area contributed by atoms with Crippen molar-refractivity contribution in [3.05, 3.63) is 83.0 Å². The number of carbonyl (C=O) groups is 2. The van der Waals surface area contributed by atoms with Gasteiger partial charge < -0.3 is 10.6 Å². The van der Waals surface area contributed by atoms with Crippen LogP contribution in [0.25, 0.3) is 0 Å². The van der Waals surface area contributed by atoms with E-state index in [9.17, 15) is 9.59 Å². The van der Waals surface area contributed by atoms with Gasteiger partial charge in [-0.2, -0.15) is 0 Å². The van der Waals surface area contributed by atoms with Crippen LogP contribution in [0.15, 0.2) is 60.8 Å². The maximum atomic E-state index is 12.4. The normalized spacial score (nSPS) is 10.3. The molecule has 0 fully saturated rings. The summed E-state index contributed by atoms with van der Waals surface area (Å²) >= 11 is 0. The number of hydrogen-bond acceptors (Lipinski definition) is 4. The van der Waals surface area contributed by atoms with Crippen molar-refractivity contribution in [1.82, 2.24) is 4.98 Å². The van der Waals surface area contributed by atoms with Gasteiger partial charge in [0.2, 0.25) is 0 Å². The number of benzene rings is 2. The molecule has 0 unspecified atom stereocenters. The van der Waals surface area contributed by atoms with Crippen LogP contribution in [0.5, 0.6) is 0 Å². The number of rotatable bonds is 5. The summed E-state index contributed by atoms with van der Waals surface area (Å²) < 4.78 is 0. The van der Waals surface area contributed by atoms with Crippen LogP contribution in [0.3, 0.4) is 0 Å². The first-order valence-corrected chi connectivity index (χ1v) is 8.65. The van der Waals surface area contributed by atoms with Crippen LogP contribution in [0.1, 0.15) is 38.8 Å². The number of aryl methyl sites for hydroxylation is 2. The molecule has 0 saturated heterocycles. The van der Waals surface area contributed by atoms with Gasteiger partial charge in [-0.1, -0.05) is 18.2 Å². The Morgan fingerprint density at radius 2 is 1.67 bits per heavy atom. The Morgan fingerprint density at radius 1 is 0.852 bits per heavy atom. The fourth-order valence-electron chi connectivity index (χ4n) is 2.59. The molecule has 0 radical (unpaired) electrons. The van der Waals surface area contributed by atoms with Crippen LogP contribution in [0.2, 0.25) is 0 Å². The van der Waals surface area contributed by atoms with Crippen LogP contribution < -0.4 is 10.6 Å². The van der Waals surface area contributed by atoms with E-state index in [1.165, 1.54) is 24.2 Å². The number of pyridine rings is 1. The van der Waals surface area contributed by atoms with E-state index in [1.54, 1.807) is 36.4 Å². The van der Waals surface area contributed by atoms with E-state index in [-0.39, 0.29) is 11.7 Å². The Bertz CT molecular complexity index is 995. The van der Waals surface area contributed by atoms with Gasteiger partial charge in [-0.05, 0) is 68.3 Å². The van der Waals surface area contributed by atoms with Crippen LogP contribution in [0, 0.1) is 13.8 Å². The molecule has 3 rings (SSSR count). The van der Waals surface area contributed by atoms with Crippen molar-refractivity contribution in [2.45, 2.75) is 20.8 Å². The first-order valence-electron chi connectivity index (χ1n) is 8.65. The smallest absolute Gasteiger partial charge is 0.257 e. The fraction of sp³-hybridized carbons (Fsp3) is 0.136. The highest BCUT2D eigenvalue weighted by molar-refractivity contribution is 6.05. The maximum absolute atomic E-state index is 12.4.